The van der Waals surface area contributed by atoms with Gasteiger partial charge in [0.25, 0.3) is 0 Å². The van der Waals surface area contributed by atoms with Gasteiger partial charge in [-0.1, -0.05) is 0 Å². The lowest BCUT2D eigenvalue weighted by atomic mass is 9.97. The van der Waals surface area contributed by atoms with Crippen LogP contribution in [-0.2, 0) is 4.74 Å². The van der Waals surface area contributed by atoms with Crippen molar-refractivity contribution in [2.24, 2.45) is 5.92 Å². The molecule has 2 saturated heterocycles. The van der Waals surface area contributed by atoms with Crippen LogP contribution in [0.1, 0.15) is 59.3 Å². The molecule has 5 heteroatoms. The number of nitrogens with zero attached hydrogens (tertiary/aromatic N) is 2. The minimum atomic E-state index is -0.422. The van der Waals surface area contributed by atoms with Gasteiger partial charge in [-0.05, 0) is 71.8 Å². The molecule has 2 atom stereocenters. The number of ether oxygens (including phenoxy) is 1. The number of piperidine rings is 1. The summed E-state index contributed by atoms with van der Waals surface area (Å²) in [4.78, 5) is 16.7. The second-order valence-electron chi connectivity index (χ2n) is 8.09. The highest BCUT2D eigenvalue weighted by atomic mass is 16.6. The summed E-state index contributed by atoms with van der Waals surface area (Å²) in [5.41, 5.74) is -0.422. The van der Waals surface area contributed by atoms with Crippen LogP contribution in [0.15, 0.2) is 0 Å². The SMILES string of the molecule is CC(C)(C)OC(=O)N1CCCC(CN2CCCC2CCCO)C1. The van der Waals surface area contributed by atoms with Gasteiger partial charge in [-0.3, -0.25) is 0 Å². The van der Waals surface area contributed by atoms with Crippen molar-refractivity contribution in [1.82, 2.24) is 9.80 Å². The van der Waals surface area contributed by atoms with Crippen molar-refractivity contribution in [2.45, 2.75) is 70.9 Å². The van der Waals surface area contributed by atoms with E-state index in [1.54, 1.807) is 0 Å². The van der Waals surface area contributed by atoms with Crippen molar-refractivity contribution >= 4 is 6.09 Å². The lowest BCUT2D eigenvalue weighted by Gasteiger charge is -2.37. The summed E-state index contributed by atoms with van der Waals surface area (Å²) in [6.07, 6.45) is 6.61. The van der Waals surface area contributed by atoms with Crippen molar-refractivity contribution in [3.63, 3.8) is 0 Å². The molecule has 2 aliphatic heterocycles. The summed E-state index contributed by atoms with van der Waals surface area (Å²) in [6, 6.07) is 0.624. The summed E-state index contributed by atoms with van der Waals surface area (Å²) in [5, 5.41) is 9.05. The lowest BCUT2D eigenvalue weighted by Crippen LogP contribution is -2.46. The maximum atomic E-state index is 12.3. The molecule has 2 rings (SSSR count). The zero-order chi connectivity index (χ0) is 16.9. The molecule has 23 heavy (non-hydrogen) atoms. The Kier molecular flexibility index (Phi) is 6.72. The van der Waals surface area contributed by atoms with Crippen LogP contribution >= 0.6 is 0 Å². The number of aliphatic hydroxyl groups is 1. The Morgan fingerprint density at radius 3 is 2.65 bits per heavy atom. The number of hydrogen-bond donors (Lipinski definition) is 1. The first-order valence-corrected chi connectivity index (χ1v) is 9.22. The Hall–Kier alpha value is -0.810. The van der Waals surface area contributed by atoms with Gasteiger partial charge in [0.15, 0.2) is 0 Å². The van der Waals surface area contributed by atoms with Crippen molar-refractivity contribution in [3.8, 4) is 0 Å². The third-order valence-corrected chi connectivity index (χ3v) is 4.86. The summed E-state index contributed by atoms with van der Waals surface area (Å²) in [6.45, 7) is 9.93. The van der Waals surface area contributed by atoms with E-state index in [2.05, 4.69) is 4.90 Å². The van der Waals surface area contributed by atoms with Crippen LogP contribution in [0.2, 0.25) is 0 Å². The zero-order valence-electron chi connectivity index (χ0n) is 15.1. The van der Waals surface area contributed by atoms with Gasteiger partial charge >= 0.3 is 6.09 Å². The number of rotatable bonds is 5. The zero-order valence-corrected chi connectivity index (χ0v) is 15.1. The fraction of sp³-hybridized carbons (Fsp3) is 0.944. The molecule has 0 bridgehead atoms. The molecule has 0 spiro atoms. The number of aliphatic hydroxyl groups excluding tert-OH is 1. The van der Waals surface area contributed by atoms with Crippen LogP contribution in [-0.4, -0.2) is 65.4 Å². The highest BCUT2D eigenvalue weighted by Crippen LogP contribution is 2.26. The molecule has 2 aliphatic rings. The topological polar surface area (TPSA) is 53.0 Å². The van der Waals surface area contributed by atoms with Gasteiger partial charge in [-0.2, -0.15) is 0 Å². The monoisotopic (exact) mass is 326 g/mol. The first kappa shape index (κ1) is 18.5. The van der Waals surface area contributed by atoms with Gasteiger partial charge in [0.05, 0.1) is 0 Å². The van der Waals surface area contributed by atoms with Crippen LogP contribution in [0, 0.1) is 5.92 Å². The van der Waals surface area contributed by atoms with E-state index in [1.165, 1.54) is 25.8 Å². The number of carbonyl (C=O) groups is 1. The molecular formula is C18H34N2O3. The maximum absolute atomic E-state index is 12.3. The molecule has 1 N–H and O–H groups in total. The van der Waals surface area contributed by atoms with Crippen LogP contribution < -0.4 is 0 Å². The predicted molar refractivity (Wildman–Crippen MR) is 91.4 cm³/mol. The van der Waals surface area contributed by atoms with Gasteiger partial charge in [-0.15, -0.1) is 0 Å². The highest BCUT2D eigenvalue weighted by molar-refractivity contribution is 5.68. The molecule has 134 valence electrons. The standard InChI is InChI=1S/C18H34N2O3/c1-18(2,3)23-17(22)20-11-4-7-15(14-20)13-19-10-5-8-16(19)9-6-12-21/h15-16,21H,4-14H2,1-3H3. The molecule has 0 aromatic heterocycles. The second kappa shape index (κ2) is 8.34. The van der Waals surface area contributed by atoms with Crippen LogP contribution in [0.4, 0.5) is 4.79 Å². The van der Waals surface area contributed by atoms with Gasteiger partial charge in [0, 0.05) is 32.3 Å². The van der Waals surface area contributed by atoms with E-state index in [4.69, 9.17) is 9.84 Å². The average Bonchev–Trinajstić information content (AvgIpc) is 2.91. The Bertz CT molecular complexity index is 381. The van der Waals surface area contributed by atoms with Gasteiger partial charge in [0.1, 0.15) is 5.60 Å². The molecule has 2 unspecified atom stereocenters. The van der Waals surface area contributed by atoms with E-state index in [9.17, 15) is 4.79 Å². The van der Waals surface area contributed by atoms with E-state index >= 15 is 0 Å². The van der Waals surface area contributed by atoms with E-state index in [0.29, 0.717) is 18.6 Å². The number of hydrogen-bond acceptors (Lipinski definition) is 4. The average molecular weight is 326 g/mol. The summed E-state index contributed by atoms with van der Waals surface area (Å²) < 4.78 is 5.52. The van der Waals surface area contributed by atoms with Crippen LogP contribution in [0.3, 0.4) is 0 Å². The Labute approximate surface area is 141 Å². The molecule has 0 aromatic rings. The molecular weight excluding hydrogens is 292 g/mol. The fourth-order valence-corrected chi connectivity index (χ4v) is 3.83. The van der Waals surface area contributed by atoms with E-state index in [0.717, 1.165) is 38.9 Å². The van der Waals surface area contributed by atoms with Crippen molar-refractivity contribution < 1.29 is 14.6 Å². The van der Waals surface area contributed by atoms with Crippen LogP contribution in [0.25, 0.3) is 0 Å². The molecule has 5 nitrogen and oxygen atoms in total. The Balaban J connectivity index is 1.82. The first-order chi connectivity index (χ1) is 10.9. The number of carbonyl (C=O) groups excluding carboxylic acids is 1. The van der Waals surface area contributed by atoms with E-state index in [-0.39, 0.29) is 6.09 Å². The molecule has 1 amide bonds. The third-order valence-electron chi connectivity index (χ3n) is 4.86. The summed E-state index contributed by atoms with van der Waals surface area (Å²) in [7, 11) is 0. The largest absolute Gasteiger partial charge is 0.444 e. The minimum absolute atomic E-state index is 0.166. The van der Waals surface area contributed by atoms with Crippen molar-refractivity contribution in [2.75, 3.05) is 32.8 Å². The highest BCUT2D eigenvalue weighted by Gasteiger charge is 2.31. The third kappa shape index (κ3) is 5.96. The number of likely N-dealkylation sites (tertiary alicyclic amines) is 2. The quantitative estimate of drug-likeness (QED) is 0.844. The maximum Gasteiger partial charge on any atom is 0.410 e. The lowest BCUT2D eigenvalue weighted by molar-refractivity contribution is 0.0140. The second-order valence-corrected chi connectivity index (χ2v) is 8.09. The molecule has 0 radical (unpaired) electrons. The smallest absolute Gasteiger partial charge is 0.410 e. The molecule has 0 saturated carbocycles. The van der Waals surface area contributed by atoms with Crippen LogP contribution in [0.5, 0.6) is 0 Å². The molecule has 2 fully saturated rings. The van der Waals surface area contributed by atoms with Gasteiger partial charge in [-0.25, -0.2) is 4.79 Å². The fourth-order valence-electron chi connectivity index (χ4n) is 3.83. The van der Waals surface area contributed by atoms with Gasteiger partial charge in [0.2, 0.25) is 0 Å². The van der Waals surface area contributed by atoms with Crippen molar-refractivity contribution in [3.05, 3.63) is 0 Å². The molecule has 0 aromatic carbocycles. The first-order valence-electron chi connectivity index (χ1n) is 9.22. The normalized spacial score (nSPS) is 26.5. The van der Waals surface area contributed by atoms with Crippen molar-refractivity contribution in [1.29, 1.82) is 0 Å². The summed E-state index contributed by atoms with van der Waals surface area (Å²) >= 11 is 0. The predicted octanol–water partition coefficient (Wildman–Crippen LogP) is 2.87. The van der Waals surface area contributed by atoms with Gasteiger partial charge < -0.3 is 19.6 Å². The molecule has 0 aliphatic carbocycles. The number of amides is 1. The minimum Gasteiger partial charge on any atom is -0.444 e. The summed E-state index contributed by atoms with van der Waals surface area (Å²) in [5.74, 6) is 0.547. The molecule has 2 heterocycles. The Morgan fingerprint density at radius 1 is 1.22 bits per heavy atom. The van der Waals surface area contributed by atoms with E-state index < -0.39 is 5.60 Å². The Morgan fingerprint density at radius 2 is 1.96 bits per heavy atom. The van der Waals surface area contributed by atoms with E-state index in [1.807, 2.05) is 25.7 Å².